The van der Waals surface area contributed by atoms with Crippen molar-refractivity contribution >= 4 is 5.91 Å². The molecule has 3 heteroatoms. The molecule has 0 fully saturated rings. The first kappa shape index (κ1) is 13.7. The fraction of sp³-hybridized carbons (Fsp3) is 0.500. The summed E-state index contributed by atoms with van der Waals surface area (Å²) in [7, 11) is 0. The molecule has 1 aromatic rings. The highest BCUT2D eigenvalue weighted by atomic mass is 16.1. The summed E-state index contributed by atoms with van der Waals surface area (Å²) in [4.78, 5) is 14.1. The number of hydrogen-bond acceptors (Lipinski definition) is 2. The molecule has 0 heterocycles. The number of carbonyl (C=O) groups is 1. The van der Waals surface area contributed by atoms with Gasteiger partial charge in [-0.05, 0) is 32.1 Å². The van der Waals surface area contributed by atoms with Gasteiger partial charge in [0.25, 0.3) is 5.91 Å². The van der Waals surface area contributed by atoms with Gasteiger partial charge in [-0.25, -0.2) is 0 Å². The van der Waals surface area contributed by atoms with Crippen LogP contribution in [0.4, 0.5) is 0 Å². The molecule has 0 radical (unpaired) electrons. The van der Waals surface area contributed by atoms with E-state index in [0.29, 0.717) is 12.6 Å². The van der Waals surface area contributed by atoms with E-state index < -0.39 is 0 Å². The van der Waals surface area contributed by atoms with Gasteiger partial charge in [-0.15, -0.1) is 0 Å². The van der Waals surface area contributed by atoms with Crippen LogP contribution in [0.5, 0.6) is 0 Å². The first-order valence-corrected chi connectivity index (χ1v) is 6.26. The second kappa shape index (κ2) is 7.07. The molecule has 1 amide bonds. The normalized spacial score (nSPS) is 12.5. The highest BCUT2D eigenvalue weighted by Crippen LogP contribution is 2.00. The molecule has 1 atom stereocenters. The molecule has 1 aromatic carbocycles. The van der Waals surface area contributed by atoms with Crippen LogP contribution in [0.2, 0.25) is 0 Å². The maximum Gasteiger partial charge on any atom is 0.251 e. The van der Waals surface area contributed by atoms with Crippen LogP contribution in [0.3, 0.4) is 0 Å². The van der Waals surface area contributed by atoms with Crippen LogP contribution in [0.1, 0.15) is 31.1 Å². The lowest BCUT2D eigenvalue weighted by molar-refractivity contribution is 0.0938. The van der Waals surface area contributed by atoms with Crippen molar-refractivity contribution in [1.29, 1.82) is 0 Å². The Bertz CT molecular complexity index is 333. The number of likely N-dealkylation sites (N-methyl/N-ethyl adjacent to an activating group) is 1. The van der Waals surface area contributed by atoms with E-state index in [0.717, 1.165) is 18.7 Å². The third-order valence-corrected chi connectivity index (χ3v) is 3.03. The number of benzene rings is 1. The van der Waals surface area contributed by atoms with Crippen molar-refractivity contribution in [2.45, 2.75) is 26.8 Å². The predicted octanol–water partition coefficient (Wildman–Crippen LogP) is 2.15. The van der Waals surface area contributed by atoms with Gasteiger partial charge in [0, 0.05) is 18.2 Å². The zero-order valence-electron chi connectivity index (χ0n) is 10.9. The van der Waals surface area contributed by atoms with E-state index in [2.05, 4.69) is 31.0 Å². The van der Waals surface area contributed by atoms with Crippen molar-refractivity contribution < 1.29 is 4.79 Å². The smallest absolute Gasteiger partial charge is 0.251 e. The molecular formula is C14H22N2O. The lowest BCUT2D eigenvalue weighted by atomic mass is 10.2. The Kier molecular flexibility index (Phi) is 5.70. The van der Waals surface area contributed by atoms with Crippen LogP contribution in [-0.4, -0.2) is 36.5 Å². The van der Waals surface area contributed by atoms with Crippen LogP contribution in [0.25, 0.3) is 0 Å². The second-order valence-electron chi connectivity index (χ2n) is 4.15. The molecule has 0 saturated heterocycles. The van der Waals surface area contributed by atoms with Crippen LogP contribution >= 0.6 is 0 Å². The van der Waals surface area contributed by atoms with Gasteiger partial charge in [-0.3, -0.25) is 9.69 Å². The quantitative estimate of drug-likeness (QED) is 0.818. The maximum absolute atomic E-state index is 11.8. The largest absolute Gasteiger partial charge is 0.350 e. The zero-order valence-corrected chi connectivity index (χ0v) is 10.9. The molecule has 1 N–H and O–H groups in total. The molecule has 0 bridgehead atoms. The molecule has 0 unspecified atom stereocenters. The third-order valence-electron chi connectivity index (χ3n) is 3.03. The summed E-state index contributed by atoms with van der Waals surface area (Å²) < 4.78 is 0. The van der Waals surface area contributed by atoms with E-state index in [-0.39, 0.29) is 5.91 Å². The first-order valence-electron chi connectivity index (χ1n) is 6.26. The van der Waals surface area contributed by atoms with Gasteiger partial charge in [0.15, 0.2) is 0 Å². The van der Waals surface area contributed by atoms with Gasteiger partial charge in [-0.1, -0.05) is 32.0 Å². The van der Waals surface area contributed by atoms with Crippen LogP contribution < -0.4 is 5.32 Å². The van der Waals surface area contributed by atoms with Crippen LogP contribution in [-0.2, 0) is 0 Å². The number of nitrogens with zero attached hydrogens (tertiary/aromatic N) is 1. The lowest BCUT2D eigenvalue weighted by Gasteiger charge is -2.26. The molecule has 0 saturated carbocycles. The van der Waals surface area contributed by atoms with Crippen LogP contribution in [0.15, 0.2) is 30.3 Å². The maximum atomic E-state index is 11.8. The Balaban J connectivity index is 2.43. The van der Waals surface area contributed by atoms with E-state index in [1.807, 2.05) is 30.3 Å². The van der Waals surface area contributed by atoms with E-state index >= 15 is 0 Å². The van der Waals surface area contributed by atoms with Crippen molar-refractivity contribution in [2.75, 3.05) is 19.6 Å². The fourth-order valence-electron chi connectivity index (χ4n) is 1.91. The average molecular weight is 234 g/mol. The highest BCUT2D eigenvalue weighted by Gasteiger charge is 2.11. The zero-order chi connectivity index (χ0) is 12.7. The molecular weight excluding hydrogens is 212 g/mol. The number of hydrogen-bond donors (Lipinski definition) is 1. The summed E-state index contributed by atoms with van der Waals surface area (Å²) in [5.41, 5.74) is 0.722. The summed E-state index contributed by atoms with van der Waals surface area (Å²) in [6, 6.07) is 9.70. The Morgan fingerprint density at radius 3 is 2.35 bits per heavy atom. The van der Waals surface area contributed by atoms with Crippen molar-refractivity contribution in [2.24, 2.45) is 0 Å². The summed E-state index contributed by atoms with van der Waals surface area (Å²) >= 11 is 0. The van der Waals surface area contributed by atoms with Gasteiger partial charge in [0.2, 0.25) is 0 Å². The number of carbonyl (C=O) groups excluding carboxylic acids is 1. The predicted molar refractivity (Wildman–Crippen MR) is 71.2 cm³/mol. The SMILES string of the molecule is CCN(CC)[C@H](C)CNC(=O)c1ccccc1. The average Bonchev–Trinajstić information content (AvgIpc) is 2.38. The molecule has 1 rings (SSSR count). The molecule has 94 valence electrons. The third kappa shape index (κ3) is 4.19. The first-order chi connectivity index (χ1) is 8.19. The second-order valence-corrected chi connectivity index (χ2v) is 4.15. The fourth-order valence-corrected chi connectivity index (χ4v) is 1.91. The Hall–Kier alpha value is -1.35. The molecule has 17 heavy (non-hydrogen) atoms. The number of nitrogens with one attached hydrogen (secondary N) is 1. The molecule has 0 aliphatic heterocycles. The number of rotatable bonds is 6. The van der Waals surface area contributed by atoms with Gasteiger partial charge in [0.05, 0.1) is 0 Å². The molecule has 0 aromatic heterocycles. The van der Waals surface area contributed by atoms with E-state index in [1.165, 1.54) is 0 Å². The summed E-state index contributed by atoms with van der Waals surface area (Å²) in [5, 5.41) is 2.97. The minimum absolute atomic E-state index is 0.00426. The molecule has 3 nitrogen and oxygen atoms in total. The van der Waals surface area contributed by atoms with E-state index in [9.17, 15) is 4.79 Å². The van der Waals surface area contributed by atoms with Crippen molar-refractivity contribution in [1.82, 2.24) is 10.2 Å². The van der Waals surface area contributed by atoms with Gasteiger partial charge in [0.1, 0.15) is 0 Å². The summed E-state index contributed by atoms with van der Waals surface area (Å²) in [6.07, 6.45) is 0. The topological polar surface area (TPSA) is 32.3 Å². The standard InChI is InChI=1S/C14H22N2O/c1-4-16(5-2)12(3)11-15-14(17)13-9-7-6-8-10-13/h6-10,12H,4-5,11H2,1-3H3,(H,15,17)/t12-/m1/s1. The van der Waals surface area contributed by atoms with E-state index in [1.54, 1.807) is 0 Å². The van der Waals surface area contributed by atoms with Crippen molar-refractivity contribution in [3.8, 4) is 0 Å². The van der Waals surface area contributed by atoms with Gasteiger partial charge < -0.3 is 5.32 Å². The molecule has 0 aliphatic carbocycles. The molecule has 0 spiro atoms. The minimum atomic E-state index is 0.00426. The summed E-state index contributed by atoms with van der Waals surface area (Å²) in [6.45, 7) is 9.13. The van der Waals surface area contributed by atoms with Crippen LogP contribution in [0, 0.1) is 0 Å². The summed E-state index contributed by atoms with van der Waals surface area (Å²) in [5.74, 6) is 0.00426. The van der Waals surface area contributed by atoms with Gasteiger partial charge >= 0.3 is 0 Å². The Labute approximate surface area is 104 Å². The molecule has 0 aliphatic rings. The van der Waals surface area contributed by atoms with E-state index in [4.69, 9.17) is 0 Å². The Morgan fingerprint density at radius 1 is 1.24 bits per heavy atom. The minimum Gasteiger partial charge on any atom is -0.350 e. The van der Waals surface area contributed by atoms with Gasteiger partial charge in [-0.2, -0.15) is 0 Å². The lowest BCUT2D eigenvalue weighted by Crippen LogP contribution is -2.41. The Morgan fingerprint density at radius 2 is 1.82 bits per heavy atom. The number of amides is 1. The van der Waals surface area contributed by atoms with Crippen molar-refractivity contribution in [3.05, 3.63) is 35.9 Å². The highest BCUT2D eigenvalue weighted by molar-refractivity contribution is 5.94. The van der Waals surface area contributed by atoms with Crippen molar-refractivity contribution in [3.63, 3.8) is 0 Å². The monoisotopic (exact) mass is 234 g/mol.